The molecule has 0 aliphatic rings. The first-order chi connectivity index (χ1) is 36.3. The summed E-state index contributed by atoms with van der Waals surface area (Å²) in [4.78, 5) is 16.3. The molecule has 77 heavy (non-hydrogen) atoms. The van der Waals surface area contributed by atoms with Crippen LogP contribution >= 0.6 is 23.2 Å². The van der Waals surface area contributed by atoms with Crippen molar-refractivity contribution in [1.29, 1.82) is 0 Å². The molecule has 8 aromatic rings. The minimum Gasteiger partial charge on any atom is -0.871 e. The van der Waals surface area contributed by atoms with E-state index in [1.165, 1.54) is 36.4 Å². The van der Waals surface area contributed by atoms with Crippen LogP contribution in [0.15, 0.2) is 169 Å². The molecule has 0 aliphatic carbocycles. The van der Waals surface area contributed by atoms with E-state index >= 15 is 0 Å². The summed E-state index contributed by atoms with van der Waals surface area (Å²) >= 11 is 12.5. The molecule has 8 aromatic carbocycles. The summed E-state index contributed by atoms with van der Waals surface area (Å²) in [6, 6.07) is 35.0. The molecule has 0 atom stereocenters. The number of amides is 1. The molecule has 0 aromatic heterocycles. The maximum atomic E-state index is 13.4. The van der Waals surface area contributed by atoms with Crippen LogP contribution in [-0.2, 0) is 33.1 Å². The number of rotatable bonds is 16. The van der Waals surface area contributed by atoms with Gasteiger partial charge in [0.15, 0.2) is 5.75 Å². The number of fused-ring (bicyclic) bond motifs is 2. The summed E-state index contributed by atoms with van der Waals surface area (Å²) < 4.78 is 78.5. The Kier molecular flexibility index (Phi) is 20.4. The van der Waals surface area contributed by atoms with Crippen LogP contribution in [0.2, 0.25) is 10.0 Å². The zero-order valence-corrected chi connectivity index (χ0v) is 49.1. The molecule has 4 N–H and O–H groups in total. The van der Waals surface area contributed by atoms with E-state index in [0.29, 0.717) is 75.9 Å². The fourth-order valence-corrected chi connectivity index (χ4v) is 9.58. The predicted octanol–water partition coefficient (Wildman–Crippen LogP) is 12.3. The zero-order valence-electron chi connectivity index (χ0n) is 41.6. The SMILES string of the molecule is CCOc1ccccc1N=C([O-])c1cc2ccccc2c(N=Nc2cc(Cl)c(CC)cc2S(=O)(=O)O)c1[O-].CCOc1ccccc1NC(=O)c1cc2ccccc2c(N=Nc2cc(Cl)c(CC)cc2S(=O)(=O)O)c1O.[Ba+2]. The normalized spacial score (nSPS) is 11.9. The maximum Gasteiger partial charge on any atom is 2.00 e. The molecular formula is C54H46BaCl2N6O12S2. The van der Waals surface area contributed by atoms with Gasteiger partial charge in [-0.25, -0.2) is 0 Å². The zero-order chi connectivity index (χ0) is 54.9. The molecule has 0 radical (unpaired) electrons. The molecule has 1 amide bonds. The van der Waals surface area contributed by atoms with E-state index in [0.717, 1.165) is 0 Å². The second-order valence-corrected chi connectivity index (χ2v) is 19.8. The van der Waals surface area contributed by atoms with Crippen LogP contribution in [-0.4, -0.2) is 105 Å². The summed E-state index contributed by atoms with van der Waals surface area (Å²) in [5.41, 5.74) is 0.574. The van der Waals surface area contributed by atoms with E-state index in [4.69, 9.17) is 32.7 Å². The number of hydrogen-bond donors (Lipinski definition) is 4. The Hall–Kier alpha value is -6.41. The molecular weight excluding hydrogens is 1200 g/mol. The van der Waals surface area contributed by atoms with Crippen molar-refractivity contribution in [3.63, 3.8) is 0 Å². The van der Waals surface area contributed by atoms with Gasteiger partial charge in [-0.05, 0) is 121 Å². The minimum atomic E-state index is -4.68. The molecule has 0 aliphatic heterocycles. The molecule has 0 bridgehead atoms. The number of para-hydroxylation sites is 4. The number of aromatic hydroxyl groups is 1. The molecule has 392 valence electrons. The second-order valence-electron chi connectivity index (χ2n) is 16.2. The monoisotopic (exact) mass is 1240 g/mol. The standard InChI is InChI=1S/2C27H24ClN3O6S.Ba/c2*1-3-16-14-24(38(34,35)36)22(15-20(16)28)30-31-25-18-10-6-5-9-17(18)13-19(26(25)32)27(33)29-21-11-7-8-12-23(21)37-4-2;/h2*5-15,32H,3-4H2,1-2H3,(H,29,33)(H,34,35,36);/q;;+2/p-2. The van der Waals surface area contributed by atoms with Gasteiger partial charge in [-0.3, -0.25) is 18.9 Å². The first kappa shape index (κ1) is 59.8. The van der Waals surface area contributed by atoms with Crippen molar-refractivity contribution in [3.8, 4) is 23.0 Å². The molecule has 0 spiro atoms. The third kappa shape index (κ3) is 14.2. The second kappa shape index (κ2) is 26.3. The fourth-order valence-electron chi connectivity index (χ4n) is 7.69. The van der Waals surface area contributed by atoms with E-state index in [1.54, 1.807) is 118 Å². The van der Waals surface area contributed by atoms with Crippen LogP contribution in [0, 0.1) is 0 Å². The van der Waals surface area contributed by atoms with E-state index in [1.807, 2.05) is 6.92 Å². The quantitative estimate of drug-likeness (QED) is 0.0231. The fraction of sp³-hybridized carbons (Fsp3) is 0.148. The van der Waals surface area contributed by atoms with Gasteiger partial charge >= 0.3 is 48.9 Å². The minimum absolute atomic E-state index is 0. The number of carbonyl (C=O) groups is 1. The maximum absolute atomic E-state index is 13.4. The van der Waals surface area contributed by atoms with Gasteiger partial charge in [0.25, 0.3) is 26.1 Å². The number of anilines is 1. The summed E-state index contributed by atoms with van der Waals surface area (Å²) in [6.07, 6.45) is 0.835. The summed E-state index contributed by atoms with van der Waals surface area (Å²) in [5.74, 6) is -1.79. The predicted molar refractivity (Wildman–Crippen MR) is 294 cm³/mol. The Morgan fingerprint density at radius 1 is 0.597 bits per heavy atom. The number of ether oxygens (including phenoxy) is 2. The largest absolute Gasteiger partial charge is 2.00 e. The third-order valence-electron chi connectivity index (χ3n) is 11.4. The van der Waals surface area contributed by atoms with Gasteiger partial charge in [0.1, 0.15) is 44.0 Å². The number of nitrogens with one attached hydrogen (secondary N) is 1. The number of phenolic OH excluding ortho intramolecular Hbond substituents is 1. The van der Waals surface area contributed by atoms with Gasteiger partial charge in [-0.2, -0.15) is 21.9 Å². The van der Waals surface area contributed by atoms with Crippen molar-refractivity contribution in [3.05, 3.63) is 166 Å². The van der Waals surface area contributed by atoms with Crippen molar-refractivity contribution >= 4 is 160 Å². The van der Waals surface area contributed by atoms with Gasteiger partial charge in [0, 0.05) is 20.8 Å². The van der Waals surface area contributed by atoms with Crippen molar-refractivity contribution in [2.45, 2.75) is 50.3 Å². The van der Waals surface area contributed by atoms with E-state index in [2.05, 4.69) is 30.8 Å². The van der Waals surface area contributed by atoms with Gasteiger partial charge in [-0.15, -0.1) is 15.3 Å². The summed E-state index contributed by atoms with van der Waals surface area (Å²) in [7, 11) is -9.33. The molecule has 8 rings (SSSR count). The average molecular weight is 1240 g/mol. The van der Waals surface area contributed by atoms with Gasteiger partial charge in [0.05, 0.1) is 30.2 Å². The van der Waals surface area contributed by atoms with Crippen LogP contribution < -0.4 is 25.0 Å². The number of hydrogen-bond acceptors (Lipinski definition) is 15. The Balaban J connectivity index is 0.000000246. The van der Waals surface area contributed by atoms with Crippen molar-refractivity contribution in [2.24, 2.45) is 25.4 Å². The molecule has 0 heterocycles. The number of carbonyl (C=O) groups excluding carboxylic acids is 1. The Morgan fingerprint density at radius 2 is 1.05 bits per heavy atom. The van der Waals surface area contributed by atoms with Crippen LogP contribution in [0.5, 0.6) is 23.0 Å². The first-order valence-electron chi connectivity index (χ1n) is 23.2. The molecule has 0 saturated heterocycles. The molecule has 0 fully saturated rings. The Morgan fingerprint density at radius 3 is 1.58 bits per heavy atom. The number of benzene rings is 8. The first-order valence-corrected chi connectivity index (χ1v) is 26.8. The van der Waals surface area contributed by atoms with Crippen LogP contribution in [0.3, 0.4) is 0 Å². The number of azo groups is 2. The van der Waals surface area contributed by atoms with Crippen molar-refractivity contribution in [1.82, 2.24) is 0 Å². The van der Waals surface area contributed by atoms with Gasteiger partial charge in [-0.1, -0.05) is 116 Å². The number of halogens is 2. The van der Waals surface area contributed by atoms with E-state index in [-0.39, 0.29) is 98.5 Å². The van der Waals surface area contributed by atoms with E-state index in [9.17, 15) is 46.1 Å². The average Bonchev–Trinajstić information content (AvgIpc) is 3.38. The van der Waals surface area contributed by atoms with Gasteiger partial charge < -0.3 is 30.1 Å². The number of nitrogens with zero attached hydrogens (tertiary/aromatic N) is 5. The van der Waals surface area contributed by atoms with Gasteiger partial charge in [0.2, 0.25) is 0 Å². The summed E-state index contributed by atoms with van der Waals surface area (Å²) in [6.45, 7) is 7.93. The van der Waals surface area contributed by atoms with Crippen molar-refractivity contribution in [2.75, 3.05) is 18.5 Å². The molecule has 18 nitrogen and oxygen atoms in total. The molecule has 23 heteroatoms. The van der Waals surface area contributed by atoms with Crippen LogP contribution in [0.25, 0.3) is 21.5 Å². The summed E-state index contributed by atoms with van der Waals surface area (Å²) in [5, 5.41) is 58.9. The third-order valence-corrected chi connectivity index (χ3v) is 13.8. The van der Waals surface area contributed by atoms with E-state index < -0.39 is 53.3 Å². The van der Waals surface area contributed by atoms with Crippen molar-refractivity contribution < 1.29 is 55.5 Å². The number of phenols is 1. The number of aryl methyl sites for hydroxylation is 2. The van der Waals surface area contributed by atoms with Crippen LogP contribution in [0.1, 0.15) is 54.7 Å². The van der Waals surface area contributed by atoms with Crippen LogP contribution in [0.4, 0.5) is 34.1 Å². The number of aliphatic imine (C=N–C) groups is 1. The smallest absolute Gasteiger partial charge is 0.871 e. The molecule has 0 unspecified atom stereocenters. The molecule has 0 saturated carbocycles. The topological polar surface area (TPSA) is 284 Å². The Bertz CT molecular complexity index is 3860. The Labute approximate surface area is 493 Å².